The third kappa shape index (κ3) is 4.80. The highest BCUT2D eigenvalue weighted by Gasteiger charge is 2.19. The van der Waals surface area contributed by atoms with Crippen LogP contribution < -0.4 is 5.32 Å². The van der Waals surface area contributed by atoms with E-state index in [2.05, 4.69) is 5.32 Å². The number of rotatable bonds is 7. The number of carbonyl (C=O) groups is 2. The Hall–Kier alpha value is -3.08. The quantitative estimate of drug-likeness (QED) is 0.633. The monoisotopic (exact) mass is 379 g/mol. The lowest BCUT2D eigenvalue weighted by Gasteiger charge is -2.13. The number of fused-ring (bicyclic) bond motifs is 1. The molecule has 3 rings (SSSR count). The van der Waals surface area contributed by atoms with Crippen LogP contribution in [0.5, 0.6) is 0 Å². The number of hydrogen-bond acceptors (Lipinski definition) is 4. The van der Waals surface area contributed by atoms with Gasteiger partial charge in [-0.15, -0.1) is 0 Å². The number of carbonyl (C=O) groups excluding carboxylic acids is 2. The van der Waals surface area contributed by atoms with E-state index >= 15 is 0 Å². The third-order valence-electron chi connectivity index (χ3n) is 4.84. The van der Waals surface area contributed by atoms with Crippen molar-refractivity contribution in [2.24, 2.45) is 0 Å². The van der Waals surface area contributed by atoms with Gasteiger partial charge in [0.2, 0.25) is 0 Å². The van der Waals surface area contributed by atoms with E-state index in [0.29, 0.717) is 6.54 Å². The molecule has 1 atom stereocenters. The van der Waals surface area contributed by atoms with Crippen molar-refractivity contribution in [2.45, 2.75) is 39.7 Å². The summed E-state index contributed by atoms with van der Waals surface area (Å²) in [7, 11) is 0. The molecule has 0 bridgehead atoms. The largest absolute Gasteiger partial charge is 0.464 e. The summed E-state index contributed by atoms with van der Waals surface area (Å²) in [5, 5.41) is 3.71. The number of hydrogen-bond donors (Lipinski definition) is 1. The summed E-state index contributed by atoms with van der Waals surface area (Å²) in [6, 6.07) is 13.9. The second-order valence-corrected chi connectivity index (χ2v) is 7.03. The molecule has 1 N–H and O–H groups in total. The highest BCUT2D eigenvalue weighted by Crippen LogP contribution is 2.25. The lowest BCUT2D eigenvalue weighted by Crippen LogP contribution is -2.37. The first-order chi connectivity index (χ1) is 13.4. The Kier molecular flexibility index (Phi) is 6.14. The van der Waals surface area contributed by atoms with Crippen LogP contribution in [0.3, 0.4) is 0 Å². The molecule has 0 radical (unpaired) electrons. The number of ether oxygens (including phenoxy) is 1. The Labute approximate surface area is 164 Å². The van der Waals surface area contributed by atoms with Crippen LogP contribution in [0.4, 0.5) is 0 Å². The van der Waals surface area contributed by atoms with Crippen LogP contribution in [0.15, 0.2) is 53.1 Å². The van der Waals surface area contributed by atoms with E-state index in [1.165, 1.54) is 0 Å². The minimum atomic E-state index is -0.842. The van der Waals surface area contributed by atoms with E-state index < -0.39 is 12.1 Å². The van der Waals surface area contributed by atoms with Crippen LogP contribution in [0, 0.1) is 13.8 Å². The smallest absolute Gasteiger partial charge is 0.311 e. The predicted octanol–water partition coefficient (Wildman–Crippen LogP) is 3.88. The molecule has 1 amide bonds. The van der Waals surface area contributed by atoms with Crippen molar-refractivity contribution in [1.82, 2.24) is 5.32 Å². The van der Waals surface area contributed by atoms with E-state index in [1.54, 1.807) is 13.2 Å². The molecule has 1 heterocycles. The fraction of sp³-hybridized carbons (Fsp3) is 0.304. The van der Waals surface area contributed by atoms with E-state index in [9.17, 15) is 9.59 Å². The SMILES string of the molecule is Cc1cc2occ(CC(=O)O[C@H](C)C(=O)NCCc3ccccc3)c2cc1C. The first kappa shape index (κ1) is 19.7. The second-order valence-electron chi connectivity index (χ2n) is 7.03. The molecule has 0 aliphatic carbocycles. The van der Waals surface area contributed by atoms with Gasteiger partial charge in [0.1, 0.15) is 5.58 Å². The molecule has 28 heavy (non-hydrogen) atoms. The van der Waals surface area contributed by atoms with Crippen LogP contribution >= 0.6 is 0 Å². The predicted molar refractivity (Wildman–Crippen MR) is 108 cm³/mol. The molecule has 0 saturated heterocycles. The van der Waals surface area contributed by atoms with E-state index in [1.807, 2.05) is 56.3 Å². The van der Waals surface area contributed by atoms with Crippen molar-refractivity contribution in [3.63, 3.8) is 0 Å². The number of esters is 1. The Balaban J connectivity index is 1.51. The van der Waals surface area contributed by atoms with Crippen LogP contribution in [0.1, 0.15) is 29.2 Å². The van der Waals surface area contributed by atoms with Gasteiger partial charge in [0.25, 0.3) is 5.91 Å². The molecular formula is C23H25NO4. The molecule has 0 aliphatic heterocycles. The molecule has 5 heteroatoms. The first-order valence-electron chi connectivity index (χ1n) is 9.42. The zero-order valence-electron chi connectivity index (χ0n) is 16.5. The van der Waals surface area contributed by atoms with Crippen molar-refractivity contribution < 1.29 is 18.7 Å². The van der Waals surface area contributed by atoms with Gasteiger partial charge in [0.15, 0.2) is 6.10 Å². The number of nitrogens with one attached hydrogen (secondary N) is 1. The van der Waals surface area contributed by atoms with Gasteiger partial charge in [0, 0.05) is 17.5 Å². The van der Waals surface area contributed by atoms with Gasteiger partial charge >= 0.3 is 5.97 Å². The highest BCUT2D eigenvalue weighted by molar-refractivity contribution is 5.88. The molecule has 0 spiro atoms. The van der Waals surface area contributed by atoms with Gasteiger partial charge in [0.05, 0.1) is 12.7 Å². The molecule has 0 aliphatic rings. The number of aryl methyl sites for hydroxylation is 2. The molecule has 0 fully saturated rings. The zero-order chi connectivity index (χ0) is 20.1. The van der Waals surface area contributed by atoms with Crippen LogP contribution in [0.2, 0.25) is 0 Å². The Morgan fingerprint density at radius 3 is 2.57 bits per heavy atom. The molecule has 0 unspecified atom stereocenters. The topological polar surface area (TPSA) is 68.5 Å². The summed E-state index contributed by atoms with van der Waals surface area (Å²) in [5.41, 5.74) is 4.92. The molecule has 3 aromatic rings. The third-order valence-corrected chi connectivity index (χ3v) is 4.84. The minimum absolute atomic E-state index is 0.0666. The van der Waals surface area contributed by atoms with Gasteiger partial charge in [-0.25, -0.2) is 0 Å². The van der Waals surface area contributed by atoms with Crippen LogP contribution in [-0.2, 0) is 27.2 Å². The highest BCUT2D eigenvalue weighted by atomic mass is 16.5. The van der Waals surface area contributed by atoms with Crippen molar-refractivity contribution in [3.8, 4) is 0 Å². The Bertz CT molecular complexity index is 975. The molecule has 2 aromatic carbocycles. The van der Waals surface area contributed by atoms with Gasteiger partial charge in [-0.2, -0.15) is 0 Å². The molecule has 5 nitrogen and oxygen atoms in total. The fourth-order valence-corrected chi connectivity index (χ4v) is 3.04. The molecule has 1 aromatic heterocycles. The van der Waals surface area contributed by atoms with Crippen molar-refractivity contribution >= 4 is 22.8 Å². The van der Waals surface area contributed by atoms with E-state index in [0.717, 1.165) is 39.6 Å². The van der Waals surface area contributed by atoms with Crippen molar-refractivity contribution in [2.75, 3.05) is 6.54 Å². The summed E-state index contributed by atoms with van der Waals surface area (Å²) in [6.45, 7) is 6.11. The minimum Gasteiger partial charge on any atom is -0.464 e. The molecule has 146 valence electrons. The average Bonchev–Trinajstić information content (AvgIpc) is 3.04. The Morgan fingerprint density at radius 2 is 1.82 bits per heavy atom. The molecular weight excluding hydrogens is 354 g/mol. The number of furan rings is 1. The first-order valence-corrected chi connectivity index (χ1v) is 9.42. The van der Waals surface area contributed by atoms with Crippen LogP contribution in [0.25, 0.3) is 11.0 Å². The fourth-order valence-electron chi connectivity index (χ4n) is 3.04. The van der Waals surface area contributed by atoms with Gasteiger partial charge in [-0.1, -0.05) is 30.3 Å². The second kappa shape index (κ2) is 8.74. The van der Waals surface area contributed by atoms with Crippen molar-refractivity contribution in [1.29, 1.82) is 0 Å². The van der Waals surface area contributed by atoms with E-state index in [4.69, 9.17) is 9.15 Å². The summed E-state index contributed by atoms with van der Waals surface area (Å²) >= 11 is 0. The summed E-state index contributed by atoms with van der Waals surface area (Å²) in [5.74, 6) is -0.751. The van der Waals surface area contributed by atoms with Gasteiger partial charge < -0.3 is 14.5 Å². The summed E-state index contributed by atoms with van der Waals surface area (Å²) in [4.78, 5) is 24.4. The summed E-state index contributed by atoms with van der Waals surface area (Å²) in [6.07, 6.45) is 1.53. The van der Waals surface area contributed by atoms with Crippen LogP contribution in [-0.4, -0.2) is 24.5 Å². The van der Waals surface area contributed by atoms with E-state index in [-0.39, 0.29) is 12.3 Å². The maximum atomic E-state index is 12.3. The average molecular weight is 379 g/mol. The van der Waals surface area contributed by atoms with Gasteiger partial charge in [-0.3, -0.25) is 9.59 Å². The normalized spacial score (nSPS) is 12.0. The lowest BCUT2D eigenvalue weighted by atomic mass is 10.0. The number of amides is 1. The summed E-state index contributed by atoms with van der Waals surface area (Å²) < 4.78 is 10.8. The lowest BCUT2D eigenvalue weighted by molar-refractivity contribution is -0.154. The van der Waals surface area contributed by atoms with Gasteiger partial charge in [-0.05, 0) is 56.0 Å². The number of benzene rings is 2. The molecule has 0 saturated carbocycles. The maximum absolute atomic E-state index is 12.3. The van der Waals surface area contributed by atoms with Crippen molar-refractivity contribution in [3.05, 3.63) is 71.0 Å². The zero-order valence-corrected chi connectivity index (χ0v) is 16.5. The standard InChI is InChI=1S/C23H25NO4/c1-15-11-20-19(14-27-21(20)12-16(15)2)13-22(25)28-17(3)23(26)24-10-9-18-7-5-4-6-8-18/h4-8,11-12,14,17H,9-10,13H2,1-3H3,(H,24,26)/t17-/m1/s1. The maximum Gasteiger partial charge on any atom is 0.311 e. The Morgan fingerprint density at radius 1 is 1.11 bits per heavy atom.